The van der Waals surface area contributed by atoms with Gasteiger partial charge in [0.2, 0.25) is 5.91 Å². The number of alkyl halides is 3. The Kier molecular flexibility index (Phi) is 7.81. The zero-order valence-electron chi connectivity index (χ0n) is 18.1. The first-order valence-electron chi connectivity index (χ1n) is 10.2. The predicted molar refractivity (Wildman–Crippen MR) is 116 cm³/mol. The Morgan fingerprint density at radius 2 is 1.76 bits per heavy atom. The molecule has 33 heavy (non-hydrogen) atoms. The van der Waals surface area contributed by atoms with Gasteiger partial charge in [0.05, 0.1) is 17.7 Å². The van der Waals surface area contributed by atoms with E-state index in [1.165, 1.54) is 24.1 Å². The van der Waals surface area contributed by atoms with Crippen LogP contribution in [0, 0.1) is 0 Å². The molecule has 5 nitrogen and oxygen atoms in total. The highest BCUT2D eigenvalue weighted by Crippen LogP contribution is 2.37. The van der Waals surface area contributed by atoms with Crippen LogP contribution in [0.3, 0.4) is 0 Å². The van der Waals surface area contributed by atoms with Crippen LogP contribution >= 0.6 is 11.6 Å². The van der Waals surface area contributed by atoms with Crippen molar-refractivity contribution in [3.05, 3.63) is 81.5 Å². The number of carbonyl (C=O) groups excluding carboxylic acids is 2. The van der Waals surface area contributed by atoms with E-state index in [0.717, 1.165) is 17.7 Å². The number of carbonyl (C=O) groups is 2. The average molecular weight is 482 g/mol. The molecule has 0 radical (unpaired) electrons. The van der Waals surface area contributed by atoms with E-state index in [0.29, 0.717) is 28.5 Å². The first-order chi connectivity index (χ1) is 15.6. The highest BCUT2D eigenvalue weighted by Gasteiger charge is 2.37. The minimum absolute atomic E-state index is 0.0629. The second kappa shape index (κ2) is 10.4. The SMILES string of the molecule is COCCN1C(=O)CC(c2ccc(Cl)cc2)C(C(=O)OCc2ccc(C(F)(F)F)cc2)=C1C. The molecule has 3 rings (SSSR count). The summed E-state index contributed by atoms with van der Waals surface area (Å²) in [6.07, 6.45) is -4.38. The van der Waals surface area contributed by atoms with E-state index in [-0.39, 0.29) is 25.5 Å². The molecule has 2 aromatic carbocycles. The van der Waals surface area contributed by atoms with Crippen molar-refractivity contribution in [1.29, 1.82) is 0 Å². The maximum Gasteiger partial charge on any atom is 0.416 e. The first kappa shape index (κ1) is 24.8. The van der Waals surface area contributed by atoms with Crippen LogP contribution in [-0.2, 0) is 31.8 Å². The van der Waals surface area contributed by atoms with Crippen molar-refractivity contribution in [3.8, 4) is 0 Å². The molecule has 1 amide bonds. The molecular weight excluding hydrogens is 459 g/mol. The number of amides is 1. The molecule has 9 heteroatoms. The number of rotatable bonds is 7. The van der Waals surface area contributed by atoms with Crippen molar-refractivity contribution < 1.29 is 32.2 Å². The van der Waals surface area contributed by atoms with Crippen LogP contribution in [0.2, 0.25) is 5.02 Å². The predicted octanol–water partition coefficient (Wildman–Crippen LogP) is 5.34. The summed E-state index contributed by atoms with van der Waals surface area (Å²) in [6, 6.07) is 11.3. The Labute approximate surface area is 194 Å². The first-order valence-corrected chi connectivity index (χ1v) is 10.6. The van der Waals surface area contributed by atoms with Gasteiger partial charge in [0.15, 0.2) is 0 Å². The fourth-order valence-corrected chi connectivity index (χ4v) is 3.86. The van der Waals surface area contributed by atoms with Crippen LogP contribution in [0.5, 0.6) is 0 Å². The highest BCUT2D eigenvalue weighted by molar-refractivity contribution is 6.30. The second-order valence-corrected chi connectivity index (χ2v) is 8.05. The number of benzene rings is 2. The van der Waals surface area contributed by atoms with Crippen molar-refractivity contribution in [2.75, 3.05) is 20.3 Å². The van der Waals surface area contributed by atoms with Crippen LogP contribution in [-0.4, -0.2) is 37.0 Å². The summed E-state index contributed by atoms with van der Waals surface area (Å²) in [6.45, 7) is 2.05. The maximum absolute atomic E-state index is 13.1. The van der Waals surface area contributed by atoms with Crippen LogP contribution in [0.1, 0.15) is 36.0 Å². The van der Waals surface area contributed by atoms with Crippen LogP contribution < -0.4 is 0 Å². The largest absolute Gasteiger partial charge is 0.457 e. The lowest BCUT2D eigenvalue weighted by molar-refractivity contribution is -0.142. The van der Waals surface area contributed by atoms with Crippen LogP contribution in [0.25, 0.3) is 0 Å². The molecule has 1 atom stereocenters. The smallest absolute Gasteiger partial charge is 0.416 e. The number of ether oxygens (including phenoxy) is 2. The summed E-state index contributed by atoms with van der Waals surface area (Å²) in [5.74, 6) is -1.32. The van der Waals surface area contributed by atoms with Crippen LogP contribution in [0.4, 0.5) is 13.2 Å². The molecule has 0 saturated carbocycles. The molecule has 0 aliphatic carbocycles. The number of allylic oxidation sites excluding steroid dienone is 1. The van der Waals surface area contributed by atoms with Gasteiger partial charge in [-0.15, -0.1) is 0 Å². The van der Waals surface area contributed by atoms with Crippen molar-refractivity contribution >= 4 is 23.5 Å². The zero-order valence-corrected chi connectivity index (χ0v) is 18.9. The van der Waals surface area contributed by atoms with Crippen LogP contribution in [0.15, 0.2) is 59.8 Å². The molecule has 1 unspecified atom stereocenters. The van der Waals surface area contributed by atoms with Gasteiger partial charge in [-0.3, -0.25) is 4.79 Å². The Morgan fingerprint density at radius 1 is 1.12 bits per heavy atom. The number of nitrogens with zero attached hydrogens (tertiary/aromatic N) is 1. The monoisotopic (exact) mass is 481 g/mol. The summed E-state index contributed by atoms with van der Waals surface area (Å²) < 4.78 is 48.8. The fourth-order valence-electron chi connectivity index (χ4n) is 3.73. The number of hydrogen-bond acceptors (Lipinski definition) is 4. The summed E-state index contributed by atoms with van der Waals surface area (Å²) >= 11 is 5.98. The number of methoxy groups -OCH3 is 1. The van der Waals surface area contributed by atoms with Gasteiger partial charge in [0, 0.05) is 36.7 Å². The molecule has 1 aliphatic rings. The normalized spacial score (nSPS) is 16.8. The van der Waals surface area contributed by atoms with Gasteiger partial charge in [0.25, 0.3) is 0 Å². The lowest BCUT2D eigenvalue weighted by atomic mass is 9.83. The topological polar surface area (TPSA) is 55.8 Å². The van der Waals surface area contributed by atoms with E-state index in [9.17, 15) is 22.8 Å². The van der Waals surface area contributed by atoms with Gasteiger partial charge < -0.3 is 14.4 Å². The minimum Gasteiger partial charge on any atom is -0.457 e. The lowest BCUT2D eigenvalue weighted by Crippen LogP contribution is -2.40. The highest BCUT2D eigenvalue weighted by atomic mass is 35.5. The lowest BCUT2D eigenvalue weighted by Gasteiger charge is -2.34. The second-order valence-electron chi connectivity index (χ2n) is 7.62. The Bertz CT molecular complexity index is 1030. The van der Waals surface area contributed by atoms with Gasteiger partial charge in [-0.1, -0.05) is 35.9 Å². The standard InChI is InChI=1S/C24H23ClF3NO4/c1-15-22(23(31)33-14-16-3-7-18(8-4-16)24(26,27)28)20(17-5-9-19(25)10-6-17)13-21(30)29(15)11-12-32-2/h3-10,20H,11-14H2,1-2H3. The van der Waals surface area contributed by atoms with Crippen molar-refractivity contribution in [2.24, 2.45) is 0 Å². The maximum atomic E-state index is 13.1. The number of esters is 1. The Morgan fingerprint density at radius 3 is 2.33 bits per heavy atom. The molecule has 1 heterocycles. The number of hydrogen-bond donors (Lipinski definition) is 0. The summed E-state index contributed by atoms with van der Waals surface area (Å²) in [7, 11) is 1.52. The molecule has 176 valence electrons. The summed E-state index contributed by atoms with van der Waals surface area (Å²) in [5.41, 5.74) is 1.15. The zero-order chi connectivity index (χ0) is 24.2. The molecule has 0 N–H and O–H groups in total. The molecule has 0 fully saturated rings. The molecule has 0 bridgehead atoms. The Hall–Kier alpha value is -2.84. The van der Waals surface area contributed by atoms with E-state index in [4.69, 9.17) is 21.1 Å². The third kappa shape index (κ3) is 5.94. The van der Waals surface area contributed by atoms with E-state index >= 15 is 0 Å². The molecule has 1 aliphatic heterocycles. The van der Waals surface area contributed by atoms with E-state index in [1.54, 1.807) is 31.2 Å². The van der Waals surface area contributed by atoms with Gasteiger partial charge in [0.1, 0.15) is 6.61 Å². The van der Waals surface area contributed by atoms with Gasteiger partial charge in [-0.05, 0) is 42.3 Å². The van der Waals surface area contributed by atoms with Gasteiger partial charge in [-0.2, -0.15) is 13.2 Å². The fraction of sp³-hybridized carbons (Fsp3) is 0.333. The third-order valence-corrected chi connectivity index (χ3v) is 5.74. The van der Waals surface area contributed by atoms with Gasteiger partial charge in [-0.25, -0.2) is 4.79 Å². The number of halogens is 4. The van der Waals surface area contributed by atoms with Gasteiger partial charge >= 0.3 is 12.1 Å². The summed E-state index contributed by atoms with van der Waals surface area (Å²) in [5, 5.41) is 0.523. The molecule has 0 spiro atoms. The van der Waals surface area contributed by atoms with Crippen molar-refractivity contribution in [2.45, 2.75) is 32.0 Å². The molecule has 0 saturated heterocycles. The van der Waals surface area contributed by atoms with Crippen molar-refractivity contribution in [1.82, 2.24) is 4.90 Å². The molecular formula is C24H23ClF3NO4. The minimum atomic E-state index is -4.44. The van der Waals surface area contributed by atoms with E-state index in [2.05, 4.69) is 0 Å². The average Bonchev–Trinajstić information content (AvgIpc) is 2.77. The molecule has 0 aromatic heterocycles. The van der Waals surface area contributed by atoms with E-state index < -0.39 is 23.6 Å². The summed E-state index contributed by atoms with van der Waals surface area (Å²) in [4.78, 5) is 27.4. The van der Waals surface area contributed by atoms with E-state index in [1.807, 2.05) is 0 Å². The van der Waals surface area contributed by atoms with Crippen molar-refractivity contribution in [3.63, 3.8) is 0 Å². The third-order valence-electron chi connectivity index (χ3n) is 5.49. The quantitative estimate of drug-likeness (QED) is 0.501. The Balaban J connectivity index is 1.86. The molecule has 2 aromatic rings.